The second-order valence-electron chi connectivity index (χ2n) is 32.9. The molecular weight excluding hydrogens is 1500 g/mol. The molecule has 2 saturated carbocycles. The highest BCUT2D eigenvalue weighted by atomic mass is 32.1. The third-order valence-corrected chi connectivity index (χ3v) is 25.4. The Balaban J connectivity index is 1.27. The highest BCUT2D eigenvalue weighted by molar-refractivity contribution is 7.82. The average molecular weight is 1660 g/mol. The minimum atomic E-state index is -5.42. The molecule has 2 heterocycles. The van der Waals surface area contributed by atoms with Crippen LogP contribution < -0.4 is 4.89 Å². The third kappa shape index (κ3) is 47.2. The summed E-state index contributed by atoms with van der Waals surface area (Å²) < 4.78 is 86.7. The first kappa shape index (κ1) is 102. The summed E-state index contributed by atoms with van der Waals surface area (Å²) >= 11 is 4.99. The number of aliphatic hydroxyl groups excluding tert-OH is 6. The lowest BCUT2D eigenvalue weighted by molar-refractivity contribution is -0.376. The first-order valence-electron chi connectivity index (χ1n) is 44.6. The number of carbonyl (C=O) groups excluding carboxylic acids is 4. The van der Waals surface area contributed by atoms with E-state index in [2.05, 4.69) is 27.7 Å². The molecule has 112 heavy (non-hydrogen) atoms. The van der Waals surface area contributed by atoms with Crippen LogP contribution in [0.15, 0.2) is 0 Å². The number of phosphoric ester groups is 2. The van der Waals surface area contributed by atoms with Gasteiger partial charge in [-0.3, -0.25) is 32.8 Å². The summed E-state index contributed by atoms with van der Waals surface area (Å²) in [5.74, 6) is -0.0584. The number of carbonyl (C=O) groups is 4. The fraction of sp³-hybridized carbons (Fsp3) is 0.952. The molecule has 0 bridgehead atoms. The van der Waals surface area contributed by atoms with Gasteiger partial charge in [0.05, 0.1) is 26.4 Å². The van der Waals surface area contributed by atoms with Crippen molar-refractivity contribution in [3.8, 4) is 0 Å². The number of hydrogen-bond acceptors (Lipinski definition) is 25. The van der Waals surface area contributed by atoms with Gasteiger partial charge < -0.3 is 82.6 Å². The second kappa shape index (κ2) is 61.4. The van der Waals surface area contributed by atoms with E-state index in [1.165, 1.54) is 173 Å². The molecule has 0 amide bonds. The molecule has 0 aromatic carbocycles. The molecule has 658 valence electrons. The SMILES string of the molecule is CCCCCCCCCCCCCCCC(=O)OC[C@H](COP(=O)([O-])OCC1OC(OC2OC(COP(=O)(O)OC[C@@H](COC(=O)CCCCCCCCCCCCCCC)OC(=O)CCCCCCC[C@@H]3C[C@]3(S)CCCCCC)C(O)C(O)C2O)C(O)C(O)C1O)OC(=O)CCCCCCC[C@@H]1C[C@@H]1CCCCCC. The van der Waals surface area contributed by atoms with Crippen LogP contribution in [0.25, 0.3) is 0 Å². The van der Waals surface area contributed by atoms with E-state index in [4.69, 9.17) is 63.9 Å². The van der Waals surface area contributed by atoms with Crippen molar-refractivity contribution in [3.05, 3.63) is 0 Å². The Morgan fingerprint density at radius 1 is 0.402 bits per heavy atom. The molecule has 0 radical (unpaired) electrons. The Morgan fingerprint density at radius 2 is 0.723 bits per heavy atom. The molecule has 0 aromatic rings. The fourth-order valence-corrected chi connectivity index (χ4v) is 17.2. The zero-order valence-electron chi connectivity index (χ0n) is 69.4. The van der Waals surface area contributed by atoms with Crippen molar-refractivity contribution in [1.29, 1.82) is 0 Å². The van der Waals surface area contributed by atoms with Crippen molar-refractivity contribution in [2.75, 3.05) is 39.6 Å². The molecule has 2 aliphatic carbocycles. The Morgan fingerprint density at radius 3 is 1.12 bits per heavy atom. The van der Waals surface area contributed by atoms with E-state index in [0.717, 1.165) is 134 Å². The summed E-state index contributed by atoms with van der Waals surface area (Å²) in [6, 6.07) is 0. The zero-order chi connectivity index (χ0) is 81.7. The second-order valence-corrected chi connectivity index (χ2v) is 36.6. The summed E-state index contributed by atoms with van der Waals surface area (Å²) in [7, 11) is -10.6. The molecule has 7 N–H and O–H groups in total. The van der Waals surface area contributed by atoms with E-state index < -0.39 is 153 Å². The summed E-state index contributed by atoms with van der Waals surface area (Å²) in [6.45, 7) is 4.12. The molecule has 4 fully saturated rings. The Hall–Kier alpha value is -1.91. The molecule has 0 spiro atoms. The van der Waals surface area contributed by atoms with Gasteiger partial charge in [-0.25, -0.2) is 4.57 Å². The van der Waals surface area contributed by atoms with Crippen LogP contribution in [0.3, 0.4) is 0 Å². The topological polar surface area (TPSA) is 369 Å². The van der Waals surface area contributed by atoms with Crippen LogP contribution >= 0.6 is 28.3 Å². The minimum absolute atomic E-state index is 0.0301. The van der Waals surface area contributed by atoms with Gasteiger partial charge in [0.15, 0.2) is 24.8 Å². The van der Waals surface area contributed by atoms with Crippen molar-refractivity contribution in [2.24, 2.45) is 17.8 Å². The molecule has 2 aliphatic heterocycles. The number of rotatable bonds is 74. The van der Waals surface area contributed by atoms with E-state index in [9.17, 15) is 68.7 Å². The van der Waals surface area contributed by atoms with Gasteiger partial charge in [0, 0.05) is 30.4 Å². The van der Waals surface area contributed by atoms with E-state index in [0.29, 0.717) is 31.6 Å². The molecule has 28 heteroatoms. The van der Waals surface area contributed by atoms with Gasteiger partial charge in [0.2, 0.25) is 0 Å². The fourth-order valence-electron chi connectivity index (χ4n) is 15.2. The van der Waals surface area contributed by atoms with Crippen LogP contribution in [0, 0.1) is 17.8 Å². The molecule has 0 aromatic heterocycles. The summed E-state index contributed by atoms with van der Waals surface area (Å²) in [5, 5.41) is 65.9. The summed E-state index contributed by atoms with van der Waals surface area (Å²) in [5.41, 5.74) is 0. The number of ether oxygens (including phenoxy) is 7. The summed E-state index contributed by atoms with van der Waals surface area (Å²) in [6.07, 6.45) is 32.7. The minimum Gasteiger partial charge on any atom is -0.756 e. The standard InChI is InChI=1S/C84H156O25P2S/c1-5-9-13-17-19-21-23-25-27-29-31-37-44-52-72(85)99-59-68(105-74(87)54-46-39-33-35-42-50-66-57-65(66)49-41-15-11-7-3)61-101-110(95,96)103-63-70-76(89)78(91)80(93)82(107-70)109-83-81(94)79(92)77(90)71(108-83)64-104-111(97,98)102-62-69(60-100-73(86)53-45-38-32-30-28-26-24-22-20-18-14-10-6-2)106-75(88)55-47-40-34-36-43-51-67-58-84(67,112)56-48-16-12-8-4/h65-71,76-83,89-94,112H,5-64H2,1-4H3,(H,95,96)(H,97,98)/p-1/t65-,66+,67+,68+,69+,70?,71?,76?,77?,78?,79?,80?,81?,82?,83?,84+/m0/s1. The van der Waals surface area contributed by atoms with Crippen LogP contribution in [0.2, 0.25) is 0 Å². The maximum Gasteiger partial charge on any atom is 0.472 e. The van der Waals surface area contributed by atoms with E-state index >= 15 is 0 Å². The van der Waals surface area contributed by atoms with Crippen molar-refractivity contribution in [3.63, 3.8) is 0 Å². The summed E-state index contributed by atoms with van der Waals surface area (Å²) in [4.78, 5) is 76.5. The number of hydrogen-bond donors (Lipinski definition) is 8. The molecule has 4 aliphatic rings. The lowest BCUT2D eigenvalue weighted by Gasteiger charge is -2.45. The quantitative estimate of drug-likeness (QED) is 0.00922. The highest BCUT2D eigenvalue weighted by Crippen LogP contribution is 2.55. The Kier molecular flexibility index (Phi) is 56.1. The third-order valence-electron chi connectivity index (χ3n) is 22.7. The van der Waals surface area contributed by atoms with Crippen LogP contribution in [-0.2, 0) is 79.6 Å². The first-order chi connectivity index (χ1) is 53.9. The monoisotopic (exact) mass is 1660 g/mol. The van der Waals surface area contributed by atoms with Crippen LogP contribution in [-0.4, -0.2) is 177 Å². The molecular formula is C84H155O25P2S-. The van der Waals surface area contributed by atoms with E-state index in [1.807, 2.05) is 0 Å². The predicted molar refractivity (Wildman–Crippen MR) is 432 cm³/mol. The van der Waals surface area contributed by atoms with Crippen LogP contribution in [0.1, 0.15) is 374 Å². The maximum atomic E-state index is 13.5. The van der Waals surface area contributed by atoms with Gasteiger partial charge in [-0.2, -0.15) is 12.6 Å². The predicted octanol–water partition coefficient (Wildman–Crippen LogP) is 16.9. The van der Waals surface area contributed by atoms with Crippen molar-refractivity contribution < 1.29 is 120 Å². The number of phosphoric acid groups is 2. The van der Waals surface area contributed by atoms with E-state index in [1.54, 1.807) is 0 Å². The molecule has 12 unspecified atom stereocenters. The van der Waals surface area contributed by atoms with Gasteiger partial charge in [0.1, 0.15) is 62.0 Å². The molecule has 18 atom stereocenters. The molecule has 4 rings (SSSR count). The van der Waals surface area contributed by atoms with Gasteiger partial charge in [-0.05, 0) is 69.1 Å². The zero-order valence-corrected chi connectivity index (χ0v) is 72.1. The van der Waals surface area contributed by atoms with Crippen molar-refractivity contribution in [2.45, 2.75) is 453 Å². The smallest absolute Gasteiger partial charge is 0.472 e. The number of aliphatic hydroxyl groups is 6. The first-order valence-corrected chi connectivity index (χ1v) is 48.0. The number of esters is 4. The number of thiol groups is 1. The van der Waals surface area contributed by atoms with Crippen LogP contribution in [0.5, 0.6) is 0 Å². The van der Waals surface area contributed by atoms with Gasteiger partial charge in [-0.1, -0.05) is 297 Å². The lowest BCUT2D eigenvalue weighted by Crippen LogP contribution is -2.63. The highest BCUT2D eigenvalue weighted by Gasteiger charge is 2.52. The lowest BCUT2D eigenvalue weighted by atomic mass is 9.98. The maximum absolute atomic E-state index is 13.5. The Bertz CT molecular complexity index is 2530. The van der Waals surface area contributed by atoms with E-state index in [-0.39, 0.29) is 30.4 Å². The molecule has 25 nitrogen and oxygen atoms in total. The van der Waals surface area contributed by atoms with Crippen LogP contribution in [0.4, 0.5) is 0 Å². The average Bonchev–Trinajstić information content (AvgIpc) is 1.52. The largest absolute Gasteiger partial charge is 0.756 e. The Labute approximate surface area is 679 Å². The van der Waals surface area contributed by atoms with Gasteiger partial charge in [0.25, 0.3) is 7.82 Å². The normalized spacial score (nSPS) is 25.9. The van der Waals surface area contributed by atoms with Crippen molar-refractivity contribution >= 4 is 52.2 Å². The van der Waals surface area contributed by atoms with Gasteiger partial charge >= 0.3 is 31.7 Å². The molecule has 2 saturated heterocycles. The number of unbranched alkanes of at least 4 members (excludes halogenated alkanes) is 38. The van der Waals surface area contributed by atoms with Gasteiger partial charge in [-0.15, -0.1) is 0 Å². The van der Waals surface area contributed by atoms with Crippen molar-refractivity contribution in [1.82, 2.24) is 0 Å².